The van der Waals surface area contributed by atoms with Gasteiger partial charge < -0.3 is 15.2 Å². The van der Waals surface area contributed by atoms with Gasteiger partial charge in [0.05, 0.1) is 0 Å². The highest BCUT2D eigenvalue weighted by molar-refractivity contribution is 7.07. The van der Waals surface area contributed by atoms with Crippen molar-refractivity contribution in [2.24, 2.45) is 0 Å². The summed E-state index contributed by atoms with van der Waals surface area (Å²) in [6, 6.07) is -1.01. The zero-order valence-electron chi connectivity index (χ0n) is 10.7. The average molecular weight is 288 g/mol. The van der Waals surface area contributed by atoms with Gasteiger partial charge in [-0.05, 0) is 6.92 Å². The van der Waals surface area contributed by atoms with E-state index < -0.39 is 17.9 Å². The molecule has 0 aliphatic heterocycles. The van der Waals surface area contributed by atoms with Gasteiger partial charge in [0.1, 0.15) is 12.6 Å². The van der Waals surface area contributed by atoms with Gasteiger partial charge in [-0.1, -0.05) is 11.3 Å². The number of aryl methyl sites for hydroxylation is 1. The molecule has 2 N–H and O–H groups in total. The van der Waals surface area contributed by atoms with E-state index in [1.807, 2.05) is 0 Å². The first-order valence-corrected chi connectivity index (χ1v) is 6.49. The highest BCUT2D eigenvalue weighted by Gasteiger charge is 2.20. The molecule has 1 amide bonds. The first-order valence-electron chi connectivity index (χ1n) is 5.61. The minimum Gasteiger partial charge on any atom is -0.480 e. The molecular formula is C11H16N2O5S. The second-order valence-corrected chi connectivity index (χ2v) is 4.79. The van der Waals surface area contributed by atoms with Crippen LogP contribution in [0.4, 0.5) is 0 Å². The van der Waals surface area contributed by atoms with Crippen molar-refractivity contribution in [2.45, 2.75) is 25.9 Å². The van der Waals surface area contributed by atoms with Crippen molar-refractivity contribution >= 4 is 23.2 Å². The lowest BCUT2D eigenvalue weighted by atomic mass is 10.2. The molecule has 0 saturated carbocycles. The van der Waals surface area contributed by atoms with Gasteiger partial charge in [-0.2, -0.15) is 0 Å². The smallest absolute Gasteiger partial charge is 0.326 e. The summed E-state index contributed by atoms with van der Waals surface area (Å²) in [6.45, 7) is 1.77. The molecule has 1 rings (SSSR count). The van der Waals surface area contributed by atoms with Crippen LogP contribution >= 0.6 is 11.3 Å². The molecule has 0 spiro atoms. The van der Waals surface area contributed by atoms with E-state index in [4.69, 9.17) is 9.84 Å². The Morgan fingerprint density at radius 1 is 1.58 bits per heavy atom. The quantitative estimate of drug-likeness (QED) is 0.725. The number of carbonyl (C=O) groups excluding carboxylic acids is 1. The number of aromatic nitrogens is 1. The van der Waals surface area contributed by atoms with Crippen LogP contribution in [0.1, 0.15) is 12.1 Å². The van der Waals surface area contributed by atoms with Crippen LogP contribution in [-0.2, 0) is 20.9 Å². The molecule has 0 radical (unpaired) electrons. The van der Waals surface area contributed by atoms with Gasteiger partial charge in [-0.15, -0.1) is 0 Å². The number of nitrogens with one attached hydrogen (secondary N) is 1. The Hall–Kier alpha value is -1.67. The van der Waals surface area contributed by atoms with Crippen LogP contribution in [-0.4, -0.2) is 41.3 Å². The van der Waals surface area contributed by atoms with E-state index in [2.05, 4.69) is 5.32 Å². The summed E-state index contributed by atoms with van der Waals surface area (Å²) in [5.74, 6) is -1.63. The number of amides is 1. The fraction of sp³-hybridized carbons (Fsp3) is 0.545. The van der Waals surface area contributed by atoms with Crippen molar-refractivity contribution < 1.29 is 19.4 Å². The molecule has 1 aromatic heterocycles. The van der Waals surface area contributed by atoms with Gasteiger partial charge in [-0.25, -0.2) is 4.79 Å². The lowest BCUT2D eigenvalue weighted by molar-refractivity contribution is -0.142. The summed E-state index contributed by atoms with van der Waals surface area (Å²) < 4.78 is 6.08. The number of aliphatic carboxylic acids is 1. The number of rotatable bonds is 7. The molecule has 0 aliphatic carbocycles. The Labute approximate surface area is 113 Å². The second-order valence-electron chi connectivity index (χ2n) is 3.97. The third-order valence-electron chi connectivity index (χ3n) is 2.52. The van der Waals surface area contributed by atoms with E-state index in [1.54, 1.807) is 12.3 Å². The first kappa shape index (κ1) is 15.4. The zero-order chi connectivity index (χ0) is 14.4. The standard InChI is InChI=1S/C11H16N2O5S/c1-7-6-19-11(17)13(7)5-9(14)12-8(10(15)16)3-4-18-2/h6,8H,3-5H2,1-2H3,(H,12,14)(H,15,16). The highest BCUT2D eigenvalue weighted by Crippen LogP contribution is 2.00. The van der Waals surface area contributed by atoms with Gasteiger partial charge >= 0.3 is 10.8 Å². The molecule has 0 aliphatic rings. The van der Waals surface area contributed by atoms with Crippen molar-refractivity contribution in [3.63, 3.8) is 0 Å². The predicted molar refractivity (Wildman–Crippen MR) is 69.4 cm³/mol. The van der Waals surface area contributed by atoms with Crippen molar-refractivity contribution in [1.29, 1.82) is 0 Å². The number of methoxy groups -OCH3 is 1. The van der Waals surface area contributed by atoms with E-state index in [1.165, 1.54) is 11.7 Å². The van der Waals surface area contributed by atoms with E-state index >= 15 is 0 Å². The van der Waals surface area contributed by atoms with Gasteiger partial charge in [0, 0.05) is 31.2 Å². The summed E-state index contributed by atoms with van der Waals surface area (Å²) in [5, 5.41) is 13.0. The zero-order valence-corrected chi connectivity index (χ0v) is 11.5. The number of ether oxygens (including phenoxy) is 1. The number of hydrogen-bond donors (Lipinski definition) is 2. The van der Waals surface area contributed by atoms with Crippen molar-refractivity contribution in [3.8, 4) is 0 Å². The molecule has 0 bridgehead atoms. The van der Waals surface area contributed by atoms with Gasteiger partial charge in [-0.3, -0.25) is 14.2 Å². The van der Waals surface area contributed by atoms with Crippen molar-refractivity contribution in [2.75, 3.05) is 13.7 Å². The topological polar surface area (TPSA) is 97.6 Å². The van der Waals surface area contributed by atoms with Crippen LogP contribution in [0.25, 0.3) is 0 Å². The Kier molecular flexibility index (Phi) is 5.71. The molecule has 19 heavy (non-hydrogen) atoms. The third kappa shape index (κ3) is 4.49. The number of carboxylic acid groups (broad SMARTS) is 1. The van der Waals surface area contributed by atoms with Gasteiger partial charge in [0.15, 0.2) is 0 Å². The Bertz CT molecular complexity index is 507. The normalized spacial score (nSPS) is 12.1. The number of thiazole rings is 1. The molecule has 0 saturated heterocycles. The van der Waals surface area contributed by atoms with Crippen LogP contribution in [0, 0.1) is 6.92 Å². The van der Waals surface area contributed by atoms with E-state index in [-0.39, 0.29) is 24.4 Å². The summed E-state index contributed by atoms with van der Waals surface area (Å²) in [4.78, 5) is 33.9. The fourth-order valence-corrected chi connectivity index (χ4v) is 2.21. The fourth-order valence-electron chi connectivity index (χ4n) is 1.47. The Morgan fingerprint density at radius 3 is 2.74 bits per heavy atom. The lowest BCUT2D eigenvalue weighted by Gasteiger charge is -2.14. The Morgan fingerprint density at radius 2 is 2.26 bits per heavy atom. The van der Waals surface area contributed by atoms with Crippen LogP contribution in [0.15, 0.2) is 10.2 Å². The summed E-state index contributed by atoms with van der Waals surface area (Å²) in [5.41, 5.74) is 0.675. The maximum absolute atomic E-state index is 11.7. The van der Waals surface area contributed by atoms with Crippen molar-refractivity contribution in [1.82, 2.24) is 9.88 Å². The van der Waals surface area contributed by atoms with Gasteiger partial charge in [0.2, 0.25) is 5.91 Å². The summed E-state index contributed by atoms with van der Waals surface area (Å²) >= 11 is 1.00. The molecule has 1 heterocycles. The molecule has 1 atom stereocenters. The van der Waals surface area contributed by atoms with Crippen LogP contribution in [0.3, 0.4) is 0 Å². The molecule has 7 nitrogen and oxygen atoms in total. The Balaban J connectivity index is 2.63. The number of nitrogens with zero attached hydrogens (tertiary/aromatic N) is 1. The second kappa shape index (κ2) is 7.05. The summed E-state index contributed by atoms with van der Waals surface area (Å²) in [7, 11) is 1.45. The molecule has 8 heteroatoms. The van der Waals surface area contributed by atoms with E-state index in [9.17, 15) is 14.4 Å². The summed E-state index contributed by atoms with van der Waals surface area (Å²) in [6.07, 6.45) is 0.176. The third-order valence-corrected chi connectivity index (χ3v) is 3.40. The molecule has 0 aromatic carbocycles. The van der Waals surface area contributed by atoms with E-state index in [0.717, 1.165) is 11.3 Å². The van der Waals surface area contributed by atoms with Crippen LogP contribution in [0.5, 0.6) is 0 Å². The largest absolute Gasteiger partial charge is 0.480 e. The molecule has 106 valence electrons. The molecule has 1 unspecified atom stereocenters. The number of hydrogen-bond acceptors (Lipinski definition) is 5. The minimum atomic E-state index is -1.13. The van der Waals surface area contributed by atoms with Crippen LogP contribution < -0.4 is 10.2 Å². The number of carboxylic acids is 1. The minimum absolute atomic E-state index is 0.176. The first-order chi connectivity index (χ1) is 8.95. The average Bonchev–Trinajstić information content (AvgIpc) is 2.66. The van der Waals surface area contributed by atoms with Crippen LogP contribution in [0.2, 0.25) is 0 Å². The van der Waals surface area contributed by atoms with E-state index in [0.29, 0.717) is 5.69 Å². The maximum Gasteiger partial charge on any atom is 0.326 e. The monoisotopic (exact) mass is 288 g/mol. The molecule has 0 fully saturated rings. The molecule has 1 aromatic rings. The van der Waals surface area contributed by atoms with Crippen molar-refractivity contribution in [3.05, 3.63) is 20.7 Å². The maximum atomic E-state index is 11.7. The van der Waals surface area contributed by atoms with Gasteiger partial charge in [0.25, 0.3) is 0 Å². The number of carbonyl (C=O) groups is 2. The lowest BCUT2D eigenvalue weighted by Crippen LogP contribution is -2.43. The molecular weight excluding hydrogens is 272 g/mol. The predicted octanol–water partition coefficient (Wildman–Crippen LogP) is -0.176. The highest BCUT2D eigenvalue weighted by atomic mass is 32.1. The SMILES string of the molecule is COCCC(NC(=O)Cn1c(C)csc1=O)C(=O)O.